The van der Waals surface area contributed by atoms with Crippen LogP contribution in [0.4, 0.5) is 0 Å². The maximum atomic E-state index is 13.0. The summed E-state index contributed by atoms with van der Waals surface area (Å²) in [6, 6.07) is 15.4. The molecule has 0 unspecified atom stereocenters. The minimum atomic E-state index is -0.180. The number of nitrogens with one attached hydrogen (secondary N) is 1. The predicted molar refractivity (Wildman–Crippen MR) is 120 cm³/mol. The predicted octanol–water partition coefficient (Wildman–Crippen LogP) is 4.22. The number of aryl methyl sites for hydroxylation is 1. The summed E-state index contributed by atoms with van der Waals surface area (Å²) in [4.78, 5) is 30.5. The molecule has 0 aliphatic carbocycles. The quantitative estimate of drug-likeness (QED) is 0.709. The van der Waals surface area contributed by atoms with Gasteiger partial charge in [0.15, 0.2) is 0 Å². The molecule has 0 atom stereocenters. The molecule has 2 heterocycles. The minimum Gasteiger partial charge on any atom is -0.351 e. The molecular formula is C25H29N3O2. The summed E-state index contributed by atoms with van der Waals surface area (Å²) in [5, 5.41) is 3.63. The van der Waals surface area contributed by atoms with E-state index in [0.717, 1.165) is 38.1 Å². The first-order chi connectivity index (χ1) is 14.5. The molecule has 0 saturated carbocycles. The van der Waals surface area contributed by atoms with E-state index in [0.29, 0.717) is 23.0 Å². The summed E-state index contributed by atoms with van der Waals surface area (Å²) < 4.78 is 1.82. The van der Waals surface area contributed by atoms with Crippen LogP contribution < -0.4 is 10.9 Å². The van der Waals surface area contributed by atoms with Crippen LogP contribution in [0, 0.1) is 0 Å². The zero-order valence-electron chi connectivity index (χ0n) is 17.8. The Hall–Kier alpha value is -2.95. The van der Waals surface area contributed by atoms with Gasteiger partial charge in [-0.1, -0.05) is 57.0 Å². The van der Waals surface area contributed by atoms with Crippen LogP contribution in [0.1, 0.15) is 61.3 Å². The fraction of sp³-hybridized carbons (Fsp3) is 0.400. The highest BCUT2D eigenvalue weighted by atomic mass is 16.1. The number of aromatic nitrogens is 2. The van der Waals surface area contributed by atoms with E-state index in [1.807, 2.05) is 22.8 Å². The third-order valence-electron chi connectivity index (χ3n) is 6.07. The van der Waals surface area contributed by atoms with Gasteiger partial charge in [-0.25, -0.2) is 4.98 Å². The SMILES string of the molecule is CC(C)(CNC(=O)c1ccc2c(=O)n3c(nc2c1)CCCCCC3)c1ccccc1. The average Bonchev–Trinajstić information content (AvgIpc) is 2.74. The van der Waals surface area contributed by atoms with E-state index < -0.39 is 0 Å². The van der Waals surface area contributed by atoms with Crippen LogP contribution in [0.3, 0.4) is 0 Å². The van der Waals surface area contributed by atoms with E-state index in [2.05, 4.69) is 31.3 Å². The van der Waals surface area contributed by atoms with Gasteiger partial charge in [-0.05, 0) is 36.6 Å². The lowest BCUT2D eigenvalue weighted by Crippen LogP contribution is -2.36. The maximum Gasteiger partial charge on any atom is 0.261 e. The van der Waals surface area contributed by atoms with Gasteiger partial charge in [0.05, 0.1) is 10.9 Å². The summed E-state index contributed by atoms with van der Waals surface area (Å²) in [5.41, 5.74) is 2.16. The van der Waals surface area contributed by atoms with Gasteiger partial charge in [-0.2, -0.15) is 0 Å². The molecule has 1 aromatic heterocycles. The Balaban J connectivity index is 1.58. The normalized spacial score (nSPS) is 14.6. The zero-order valence-corrected chi connectivity index (χ0v) is 17.8. The molecule has 0 bridgehead atoms. The molecule has 1 N–H and O–H groups in total. The molecule has 3 aromatic rings. The van der Waals surface area contributed by atoms with E-state index in [1.54, 1.807) is 18.2 Å². The number of benzene rings is 2. The van der Waals surface area contributed by atoms with Crippen LogP contribution in [0.2, 0.25) is 0 Å². The summed E-state index contributed by atoms with van der Waals surface area (Å²) in [6.07, 6.45) is 5.20. The molecule has 1 aliphatic rings. The summed E-state index contributed by atoms with van der Waals surface area (Å²) in [7, 11) is 0. The van der Waals surface area contributed by atoms with Crippen LogP contribution in [0.25, 0.3) is 10.9 Å². The molecule has 5 heteroatoms. The highest BCUT2D eigenvalue weighted by molar-refractivity contribution is 5.97. The number of hydrogen-bond acceptors (Lipinski definition) is 3. The van der Waals surface area contributed by atoms with Gasteiger partial charge in [-0.15, -0.1) is 0 Å². The number of fused-ring (bicyclic) bond motifs is 2. The fourth-order valence-corrected chi connectivity index (χ4v) is 4.13. The van der Waals surface area contributed by atoms with Crippen molar-refractivity contribution in [3.05, 3.63) is 75.8 Å². The Kier molecular flexibility index (Phi) is 5.71. The van der Waals surface area contributed by atoms with Crippen molar-refractivity contribution < 1.29 is 4.79 Å². The Morgan fingerprint density at radius 1 is 1.07 bits per heavy atom. The molecule has 1 amide bonds. The van der Waals surface area contributed by atoms with E-state index in [9.17, 15) is 9.59 Å². The van der Waals surface area contributed by atoms with Crippen molar-refractivity contribution in [2.45, 2.75) is 57.9 Å². The molecule has 0 saturated heterocycles. The van der Waals surface area contributed by atoms with Gasteiger partial charge in [0.25, 0.3) is 11.5 Å². The summed E-state index contributed by atoms with van der Waals surface area (Å²) in [6.45, 7) is 5.48. The lowest BCUT2D eigenvalue weighted by molar-refractivity contribution is 0.0946. The van der Waals surface area contributed by atoms with Gasteiger partial charge in [0.1, 0.15) is 5.82 Å². The average molecular weight is 404 g/mol. The van der Waals surface area contributed by atoms with Gasteiger partial charge in [-0.3, -0.25) is 14.2 Å². The van der Waals surface area contributed by atoms with Crippen molar-refractivity contribution in [3.63, 3.8) is 0 Å². The van der Waals surface area contributed by atoms with E-state index in [-0.39, 0.29) is 16.9 Å². The van der Waals surface area contributed by atoms with Crippen molar-refractivity contribution in [2.24, 2.45) is 0 Å². The van der Waals surface area contributed by atoms with Crippen LogP contribution in [-0.4, -0.2) is 22.0 Å². The van der Waals surface area contributed by atoms with Crippen molar-refractivity contribution in [1.82, 2.24) is 14.9 Å². The van der Waals surface area contributed by atoms with Gasteiger partial charge in [0, 0.05) is 30.5 Å². The summed E-state index contributed by atoms with van der Waals surface area (Å²) in [5.74, 6) is 0.699. The molecule has 0 fully saturated rings. The minimum absolute atomic E-state index is 0.00840. The maximum absolute atomic E-state index is 13.0. The largest absolute Gasteiger partial charge is 0.351 e. The van der Waals surface area contributed by atoms with Crippen molar-refractivity contribution >= 4 is 16.8 Å². The number of nitrogens with zero attached hydrogens (tertiary/aromatic N) is 2. The smallest absolute Gasteiger partial charge is 0.261 e. The van der Waals surface area contributed by atoms with Crippen molar-refractivity contribution in [3.8, 4) is 0 Å². The number of carbonyl (C=O) groups is 1. The first-order valence-electron chi connectivity index (χ1n) is 10.8. The molecule has 30 heavy (non-hydrogen) atoms. The van der Waals surface area contributed by atoms with Crippen molar-refractivity contribution in [1.29, 1.82) is 0 Å². The molecule has 156 valence electrons. The van der Waals surface area contributed by atoms with Crippen LogP contribution in [0.5, 0.6) is 0 Å². The first-order valence-corrected chi connectivity index (χ1v) is 10.8. The number of rotatable bonds is 4. The van der Waals surface area contributed by atoms with Gasteiger partial charge < -0.3 is 5.32 Å². The van der Waals surface area contributed by atoms with E-state index >= 15 is 0 Å². The highest BCUT2D eigenvalue weighted by Gasteiger charge is 2.22. The van der Waals surface area contributed by atoms with Crippen molar-refractivity contribution in [2.75, 3.05) is 6.54 Å². The second-order valence-electron chi connectivity index (χ2n) is 8.81. The van der Waals surface area contributed by atoms with E-state index in [1.165, 1.54) is 12.0 Å². The second kappa shape index (κ2) is 8.42. The van der Waals surface area contributed by atoms with Crippen LogP contribution >= 0.6 is 0 Å². The summed E-state index contributed by atoms with van der Waals surface area (Å²) >= 11 is 0. The molecule has 0 spiro atoms. The standard InChI is InChI=1S/C25H29N3O2/c1-25(2,19-10-6-5-7-11-19)17-26-23(29)18-13-14-20-21(16-18)27-22-12-8-3-4-9-15-28(22)24(20)30/h5-7,10-11,13-14,16H,3-4,8-9,12,15,17H2,1-2H3,(H,26,29). The third-order valence-corrected chi connectivity index (χ3v) is 6.07. The van der Waals surface area contributed by atoms with Gasteiger partial charge in [0.2, 0.25) is 0 Å². The van der Waals surface area contributed by atoms with Crippen LogP contribution in [-0.2, 0) is 18.4 Å². The zero-order chi connectivity index (χ0) is 21.1. The number of amides is 1. The Labute approximate surface area is 177 Å². The molecule has 2 aromatic carbocycles. The molecule has 0 radical (unpaired) electrons. The number of carbonyl (C=O) groups excluding carboxylic acids is 1. The Morgan fingerprint density at radius 2 is 1.83 bits per heavy atom. The lowest BCUT2D eigenvalue weighted by atomic mass is 9.84. The molecule has 4 rings (SSSR count). The van der Waals surface area contributed by atoms with E-state index in [4.69, 9.17) is 4.98 Å². The lowest BCUT2D eigenvalue weighted by Gasteiger charge is -2.25. The molecule has 5 nitrogen and oxygen atoms in total. The second-order valence-corrected chi connectivity index (χ2v) is 8.81. The molecular weight excluding hydrogens is 374 g/mol. The topological polar surface area (TPSA) is 64.0 Å². The first kappa shape index (κ1) is 20.3. The third kappa shape index (κ3) is 4.16. The number of hydrogen-bond donors (Lipinski definition) is 1. The highest BCUT2D eigenvalue weighted by Crippen LogP contribution is 2.22. The Morgan fingerprint density at radius 3 is 2.63 bits per heavy atom. The monoisotopic (exact) mass is 403 g/mol. The Bertz CT molecular complexity index is 1120. The van der Waals surface area contributed by atoms with Gasteiger partial charge >= 0.3 is 0 Å². The van der Waals surface area contributed by atoms with Crippen LogP contribution in [0.15, 0.2) is 53.3 Å². The fourth-order valence-electron chi connectivity index (χ4n) is 4.13. The molecule has 1 aliphatic heterocycles.